The molecule has 1 atom stereocenters. The molecule has 1 amide bonds. The molecule has 0 radical (unpaired) electrons. The van der Waals surface area contributed by atoms with Gasteiger partial charge in [-0.1, -0.05) is 48.2 Å². The quantitative estimate of drug-likeness (QED) is 0.659. The van der Waals surface area contributed by atoms with Crippen molar-refractivity contribution in [2.45, 2.75) is 43.3 Å². The lowest BCUT2D eigenvalue weighted by atomic mass is 10.1. The van der Waals surface area contributed by atoms with Gasteiger partial charge in [0.2, 0.25) is 0 Å². The summed E-state index contributed by atoms with van der Waals surface area (Å²) in [6.07, 6.45) is 0.875. The first-order chi connectivity index (χ1) is 11.6. The maximum Gasteiger partial charge on any atom is 0.287 e. The van der Waals surface area contributed by atoms with Crippen LogP contribution in [0.15, 0.2) is 33.0 Å². The molecule has 5 nitrogen and oxygen atoms in total. The number of amides is 1. The number of fused-ring (bicyclic) bond motifs is 1. The molecule has 1 N–H and O–H groups in total. The summed E-state index contributed by atoms with van der Waals surface area (Å²) >= 11 is 3.13. The van der Waals surface area contributed by atoms with E-state index in [9.17, 15) is 4.79 Å². The van der Waals surface area contributed by atoms with Crippen molar-refractivity contribution in [2.75, 3.05) is 0 Å². The van der Waals surface area contributed by atoms with E-state index in [1.54, 1.807) is 23.1 Å². The summed E-state index contributed by atoms with van der Waals surface area (Å²) in [7, 11) is 0. The lowest BCUT2D eigenvalue weighted by Crippen LogP contribution is -2.32. The predicted molar refractivity (Wildman–Crippen MR) is 97.6 cm³/mol. The number of carbonyl (C=O) groups excluding carboxylic acids is 1. The van der Waals surface area contributed by atoms with Crippen LogP contribution in [0.25, 0.3) is 11.0 Å². The number of aromatic nitrogens is 2. The van der Waals surface area contributed by atoms with Crippen LogP contribution >= 0.6 is 23.1 Å². The van der Waals surface area contributed by atoms with Gasteiger partial charge in [-0.15, -0.1) is 10.2 Å². The van der Waals surface area contributed by atoms with Crippen molar-refractivity contribution < 1.29 is 9.21 Å². The Balaban J connectivity index is 1.91. The van der Waals surface area contributed by atoms with E-state index in [0.717, 1.165) is 32.3 Å². The van der Waals surface area contributed by atoms with Crippen LogP contribution in [-0.2, 0) is 5.75 Å². The zero-order chi connectivity index (χ0) is 17.1. The number of furan rings is 1. The van der Waals surface area contributed by atoms with Gasteiger partial charge in [0.15, 0.2) is 10.1 Å². The molecular weight excluding hydrogens is 342 g/mol. The summed E-state index contributed by atoms with van der Waals surface area (Å²) in [4.78, 5) is 12.6. The van der Waals surface area contributed by atoms with Crippen LogP contribution in [-0.4, -0.2) is 22.1 Å². The monoisotopic (exact) mass is 361 g/mol. The Kier molecular flexibility index (Phi) is 5.20. The van der Waals surface area contributed by atoms with Gasteiger partial charge in [0.1, 0.15) is 10.6 Å². The highest BCUT2D eigenvalue weighted by molar-refractivity contribution is 8.00. The molecule has 7 heteroatoms. The van der Waals surface area contributed by atoms with Crippen molar-refractivity contribution in [3.05, 3.63) is 40.6 Å². The second kappa shape index (κ2) is 7.36. The third kappa shape index (κ3) is 3.62. The minimum absolute atomic E-state index is 0.108. The fraction of sp³-hybridized carbons (Fsp3) is 0.353. The van der Waals surface area contributed by atoms with Crippen LogP contribution in [0.2, 0.25) is 0 Å². The van der Waals surface area contributed by atoms with Gasteiger partial charge in [-0.05, 0) is 26.3 Å². The molecule has 0 saturated carbocycles. The SMILES string of the molecule is CC[C@@H](C)NC(=O)c1oc2ccccc2c1CSc1nnc(C)s1. The third-order valence-electron chi connectivity index (χ3n) is 3.74. The molecule has 0 aliphatic heterocycles. The molecule has 2 aromatic heterocycles. The van der Waals surface area contributed by atoms with Gasteiger partial charge in [-0.3, -0.25) is 4.79 Å². The van der Waals surface area contributed by atoms with Crippen LogP contribution in [0.4, 0.5) is 0 Å². The van der Waals surface area contributed by atoms with Crippen LogP contribution in [0, 0.1) is 6.92 Å². The number of rotatable bonds is 6. The van der Waals surface area contributed by atoms with Gasteiger partial charge in [0, 0.05) is 22.7 Å². The van der Waals surface area contributed by atoms with E-state index in [1.807, 2.05) is 45.0 Å². The fourth-order valence-corrected chi connectivity index (χ4v) is 4.13. The molecule has 3 aromatic rings. The maximum atomic E-state index is 12.6. The topological polar surface area (TPSA) is 68.0 Å². The van der Waals surface area contributed by atoms with Gasteiger partial charge in [-0.2, -0.15) is 0 Å². The number of hydrogen-bond donors (Lipinski definition) is 1. The number of para-hydroxylation sites is 1. The lowest BCUT2D eigenvalue weighted by Gasteiger charge is -2.10. The molecule has 0 unspecified atom stereocenters. The first kappa shape index (κ1) is 17.0. The van der Waals surface area contributed by atoms with Gasteiger partial charge < -0.3 is 9.73 Å². The summed E-state index contributed by atoms with van der Waals surface area (Å²) in [6.45, 7) is 5.96. The Bertz CT molecular complexity index is 857. The molecule has 0 aliphatic rings. The van der Waals surface area contributed by atoms with Gasteiger partial charge >= 0.3 is 0 Å². The minimum atomic E-state index is -0.162. The molecule has 3 rings (SSSR count). The van der Waals surface area contributed by atoms with E-state index in [4.69, 9.17) is 4.42 Å². The Morgan fingerprint density at radius 1 is 1.38 bits per heavy atom. The predicted octanol–water partition coefficient (Wildman–Crippen LogP) is 4.41. The van der Waals surface area contributed by atoms with Gasteiger partial charge in [0.05, 0.1) is 0 Å². The molecule has 2 heterocycles. The van der Waals surface area contributed by atoms with E-state index in [-0.39, 0.29) is 11.9 Å². The molecule has 0 bridgehead atoms. The van der Waals surface area contributed by atoms with E-state index in [1.165, 1.54) is 0 Å². The van der Waals surface area contributed by atoms with Crippen LogP contribution in [0.1, 0.15) is 41.4 Å². The molecule has 0 saturated heterocycles. The van der Waals surface area contributed by atoms with E-state index < -0.39 is 0 Å². The van der Waals surface area contributed by atoms with E-state index in [0.29, 0.717) is 11.5 Å². The molecular formula is C17H19N3O2S2. The summed E-state index contributed by atoms with van der Waals surface area (Å²) in [5.74, 6) is 0.851. The van der Waals surface area contributed by atoms with Crippen LogP contribution in [0.5, 0.6) is 0 Å². The number of nitrogens with zero attached hydrogens (tertiary/aromatic N) is 2. The zero-order valence-electron chi connectivity index (χ0n) is 13.8. The number of benzene rings is 1. The summed E-state index contributed by atoms with van der Waals surface area (Å²) < 4.78 is 6.74. The van der Waals surface area contributed by atoms with Crippen LogP contribution in [0.3, 0.4) is 0 Å². The average molecular weight is 361 g/mol. The third-order valence-corrected chi connectivity index (χ3v) is 5.74. The van der Waals surface area contributed by atoms with Gasteiger partial charge in [-0.25, -0.2) is 0 Å². The van der Waals surface area contributed by atoms with Crippen molar-refractivity contribution in [1.29, 1.82) is 0 Å². The van der Waals surface area contributed by atoms with Crippen LogP contribution < -0.4 is 5.32 Å². The van der Waals surface area contributed by atoms with Crippen molar-refractivity contribution >= 4 is 40.0 Å². The normalized spacial score (nSPS) is 12.5. The second-order valence-electron chi connectivity index (χ2n) is 5.56. The Hall–Kier alpha value is -1.86. The zero-order valence-corrected chi connectivity index (χ0v) is 15.5. The number of hydrogen-bond acceptors (Lipinski definition) is 6. The van der Waals surface area contributed by atoms with Crippen molar-refractivity contribution in [2.24, 2.45) is 0 Å². The second-order valence-corrected chi connectivity index (χ2v) is 7.97. The largest absolute Gasteiger partial charge is 0.451 e. The minimum Gasteiger partial charge on any atom is -0.451 e. The first-order valence-corrected chi connectivity index (χ1v) is 9.63. The molecule has 1 aromatic carbocycles. The Morgan fingerprint density at radius 2 is 2.17 bits per heavy atom. The summed E-state index contributed by atoms with van der Waals surface area (Å²) in [5, 5.41) is 13.1. The van der Waals surface area contributed by atoms with Gasteiger partial charge in [0.25, 0.3) is 5.91 Å². The smallest absolute Gasteiger partial charge is 0.287 e. The molecule has 0 spiro atoms. The maximum absolute atomic E-state index is 12.6. The van der Waals surface area contributed by atoms with E-state index in [2.05, 4.69) is 15.5 Å². The number of thioether (sulfide) groups is 1. The van der Waals surface area contributed by atoms with Crippen molar-refractivity contribution in [3.8, 4) is 0 Å². The first-order valence-electron chi connectivity index (χ1n) is 7.82. The Labute approximate surface area is 148 Å². The standard InChI is InChI=1S/C17H19N3O2S2/c1-4-10(2)18-16(21)15-13(9-23-17-20-19-11(3)24-17)12-7-5-6-8-14(12)22-15/h5-8,10H,4,9H2,1-3H3,(H,18,21)/t10-/m1/s1. The number of aryl methyl sites for hydroxylation is 1. The molecule has 0 aliphatic carbocycles. The van der Waals surface area contributed by atoms with E-state index >= 15 is 0 Å². The highest BCUT2D eigenvalue weighted by atomic mass is 32.2. The van der Waals surface area contributed by atoms with Crippen molar-refractivity contribution in [3.63, 3.8) is 0 Å². The highest BCUT2D eigenvalue weighted by Crippen LogP contribution is 2.33. The summed E-state index contributed by atoms with van der Waals surface area (Å²) in [5.41, 5.74) is 1.64. The average Bonchev–Trinajstić information content (AvgIpc) is 3.16. The number of carbonyl (C=O) groups is 1. The molecule has 0 fully saturated rings. The molecule has 24 heavy (non-hydrogen) atoms. The number of nitrogens with one attached hydrogen (secondary N) is 1. The lowest BCUT2D eigenvalue weighted by molar-refractivity contribution is 0.0912. The molecule has 126 valence electrons. The van der Waals surface area contributed by atoms with Crippen molar-refractivity contribution in [1.82, 2.24) is 15.5 Å². The Morgan fingerprint density at radius 3 is 2.88 bits per heavy atom. The summed E-state index contributed by atoms with van der Waals surface area (Å²) in [6, 6.07) is 7.85. The highest BCUT2D eigenvalue weighted by Gasteiger charge is 2.21. The fourth-order valence-electron chi connectivity index (χ4n) is 2.29.